The van der Waals surface area contributed by atoms with Gasteiger partial charge in [-0.05, 0) is 32.2 Å². The minimum absolute atomic E-state index is 0.280. The number of nitrogens with zero attached hydrogens (tertiary/aromatic N) is 1. The number of hydrogen-bond acceptors (Lipinski definition) is 3. The Bertz CT molecular complexity index is 330. The van der Waals surface area contributed by atoms with Crippen molar-refractivity contribution < 1.29 is 0 Å². The molecule has 0 aromatic carbocycles. The number of nitrogens with one attached hydrogen (secondary N) is 1. The first-order valence-corrected chi connectivity index (χ1v) is 7.32. The topological polar surface area (TPSA) is 24.9 Å². The van der Waals surface area contributed by atoms with E-state index in [1.165, 1.54) is 22.0 Å². The molecule has 0 amide bonds. The Hall–Kier alpha value is -0.410. The number of hydrogen-bond donors (Lipinski definition) is 1. The third-order valence-corrected chi connectivity index (χ3v) is 4.23. The smallest absolute Gasteiger partial charge is 0.0946 e. The van der Waals surface area contributed by atoms with Crippen LogP contribution >= 0.6 is 11.3 Å². The molecule has 0 aliphatic heterocycles. The maximum Gasteiger partial charge on any atom is 0.0946 e. The molecule has 0 fully saturated rings. The molecule has 3 heteroatoms. The zero-order valence-electron chi connectivity index (χ0n) is 12.1. The monoisotopic (exact) mass is 254 g/mol. The van der Waals surface area contributed by atoms with E-state index in [9.17, 15) is 0 Å². The second-order valence-electron chi connectivity index (χ2n) is 5.83. The summed E-state index contributed by atoms with van der Waals surface area (Å²) < 4.78 is 0. The number of aryl methyl sites for hydroxylation is 2. The van der Waals surface area contributed by atoms with Gasteiger partial charge in [-0.15, -0.1) is 11.3 Å². The van der Waals surface area contributed by atoms with Gasteiger partial charge in [-0.1, -0.05) is 27.7 Å². The fourth-order valence-electron chi connectivity index (χ4n) is 1.80. The highest BCUT2D eigenvalue weighted by Gasteiger charge is 2.25. The fraction of sp³-hybridized carbons (Fsp3) is 0.786. The zero-order valence-corrected chi connectivity index (χ0v) is 12.9. The van der Waals surface area contributed by atoms with Crippen LogP contribution < -0.4 is 5.32 Å². The van der Waals surface area contributed by atoms with E-state index in [1.807, 2.05) is 11.3 Å². The van der Waals surface area contributed by atoms with E-state index >= 15 is 0 Å². The van der Waals surface area contributed by atoms with Gasteiger partial charge in [0.15, 0.2) is 0 Å². The molecule has 2 nitrogen and oxygen atoms in total. The van der Waals surface area contributed by atoms with Crippen molar-refractivity contribution in [1.82, 2.24) is 10.3 Å². The van der Waals surface area contributed by atoms with Gasteiger partial charge >= 0.3 is 0 Å². The van der Waals surface area contributed by atoms with Crippen molar-refractivity contribution >= 4 is 11.3 Å². The molecule has 0 saturated heterocycles. The Morgan fingerprint density at radius 2 is 1.94 bits per heavy atom. The Balaban J connectivity index is 2.72. The lowest BCUT2D eigenvalue weighted by atomic mass is 9.85. The van der Waals surface area contributed by atoms with E-state index in [0.29, 0.717) is 6.04 Å². The summed E-state index contributed by atoms with van der Waals surface area (Å²) in [6.45, 7) is 14.5. The summed E-state index contributed by atoms with van der Waals surface area (Å²) in [6.07, 6.45) is 2.23. The van der Waals surface area contributed by atoms with E-state index in [1.54, 1.807) is 0 Å². The van der Waals surface area contributed by atoms with E-state index in [-0.39, 0.29) is 5.41 Å². The fourth-order valence-corrected chi connectivity index (χ4v) is 2.78. The molecule has 1 rings (SSSR count). The highest BCUT2D eigenvalue weighted by molar-refractivity contribution is 7.11. The van der Waals surface area contributed by atoms with Crippen molar-refractivity contribution in [1.29, 1.82) is 0 Å². The largest absolute Gasteiger partial charge is 0.313 e. The Labute approximate surface area is 110 Å². The van der Waals surface area contributed by atoms with Crippen LogP contribution in [0.25, 0.3) is 0 Å². The van der Waals surface area contributed by atoms with Gasteiger partial charge in [0, 0.05) is 17.3 Å². The third-order valence-electron chi connectivity index (χ3n) is 3.14. The lowest BCUT2D eigenvalue weighted by Crippen LogP contribution is -2.42. The molecule has 1 aromatic rings. The molecular formula is C14H26N2S. The van der Waals surface area contributed by atoms with Gasteiger partial charge in [0.05, 0.1) is 10.7 Å². The van der Waals surface area contributed by atoms with Gasteiger partial charge in [-0.2, -0.15) is 0 Å². The van der Waals surface area contributed by atoms with E-state index in [2.05, 4.69) is 51.8 Å². The van der Waals surface area contributed by atoms with Crippen molar-refractivity contribution in [2.75, 3.05) is 6.54 Å². The van der Waals surface area contributed by atoms with Crippen LogP contribution in [0.15, 0.2) is 0 Å². The van der Waals surface area contributed by atoms with E-state index in [4.69, 9.17) is 0 Å². The average Bonchev–Trinajstić information content (AvgIpc) is 2.51. The van der Waals surface area contributed by atoms with Gasteiger partial charge in [-0.3, -0.25) is 0 Å². The predicted molar refractivity (Wildman–Crippen MR) is 76.8 cm³/mol. The third kappa shape index (κ3) is 4.40. The van der Waals surface area contributed by atoms with Crippen molar-refractivity contribution in [2.24, 2.45) is 5.41 Å². The van der Waals surface area contributed by atoms with Crippen molar-refractivity contribution in [3.63, 3.8) is 0 Å². The normalized spacial score (nSPS) is 14.0. The molecule has 17 heavy (non-hydrogen) atoms. The number of aromatic nitrogens is 1. The summed E-state index contributed by atoms with van der Waals surface area (Å²) in [5.41, 5.74) is 1.47. The van der Waals surface area contributed by atoms with Gasteiger partial charge in [0.1, 0.15) is 0 Å². The summed E-state index contributed by atoms with van der Waals surface area (Å²) >= 11 is 1.84. The van der Waals surface area contributed by atoms with Crippen LogP contribution in [0.2, 0.25) is 0 Å². The van der Waals surface area contributed by atoms with Crippen LogP contribution in [0.5, 0.6) is 0 Å². The van der Waals surface area contributed by atoms with E-state index < -0.39 is 0 Å². The molecule has 0 spiro atoms. The summed E-state index contributed by atoms with van der Waals surface area (Å²) in [4.78, 5) is 6.00. The second-order valence-corrected chi connectivity index (χ2v) is 7.11. The number of rotatable bonds is 5. The minimum atomic E-state index is 0.280. The molecule has 1 aromatic heterocycles. The van der Waals surface area contributed by atoms with Crippen molar-refractivity contribution in [3.8, 4) is 0 Å². The molecule has 0 aliphatic rings. The van der Waals surface area contributed by atoms with E-state index in [0.717, 1.165) is 13.0 Å². The first kappa shape index (κ1) is 14.7. The standard InChI is InChI=1S/C14H26N2S/c1-7-8-15-12(14(4,5)6)9-13-16-10(2)11(3)17-13/h12,15H,7-9H2,1-6H3. The molecule has 98 valence electrons. The lowest BCUT2D eigenvalue weighted by molar-refractivity contribution is 0.266. The van der Waals surface area contributed by atoms with Gasteiger partial charge in [0.2, 0.25) is 0 Å². The van der Waals surface area contributed by atoms with Crippen LogP contribution in [-0.2, 0) is 6.42 Å². The highest BCUT2D eigenvalue weighted by Crippen LogP contribution is 2.25. The number of thiazole rings is 1. The molecular weight excluding hydrogens is 228 g/mol. The molecule has 1 unspecified atom stereocenters. The van der Waals surface area contributed by atoms with Crippen molar-refractivity contribution in [3.05, 3.63) is 15.6 Å². The molecule has 1 N–H and O–H groups in total. The summed E-state index contributed by atoms with van der Waals surface area (Å²) in [5, 5.41) is 4.92. The first-order valence-electron chi connectivity index (χ1n) is 6.51. The van der Waals surface area contributed by atoms with Gasteiger partial charge < -0.3 is 5.32 Å². The quantitative estimate of drug-likeness (QED) is 0.866. The maximum atomic E-state index is 4.65. The second kappa shape index (κ2) is 5.96. The first-order chi connectivity index (χ1) is 7.84. The Morgan fingerprint density at radius 3 is 2.35 bits per heavy atom. The molecule has 1 heterocycles. The molecule has 0 saturated carbocycles. The van der Waals surface area contributed by atoms with Gasteiger partial charge in [0.25, 0.3) is 0 Å². The zero-order chi connectivity index (χ0) is 13.1. The molecule has 0 radical (unpaired) electrons. The van der Waals surface area contributed by atoms with Crippen LogP contribution in [0.1, 0.15) is 49.7 Å². The Morgan fingerprint density at radius 1 is 1.29 bits per heavy atom. The average molecular weight is 254 g/mol. The molecule has 1 atom stereocenters. The van der Waals surface area contributed by atoms with Crippen LogP contribution in [0.4, 0.5) is 0 Å². The molecule has 0 bridgehead atoms. The lowest BCUT2D eigenvalue weighted by Gasteiger charge is -2.31. The van der Waals surface area contributed by atoms with Crippen LogP contribution in [0, 0.1) is 19.3 Å². The van der Waals surface area contributed by atoms with Crippen LogP contribution in [-0.4, -0.2) is 17.6 Å². The predicted octanol–water partition coefficient (Wildman–Crippen LogP) is 3.72. The summed E-state index contributed by atoms with van der Waals surface area (Å²) in [6, 6.07) is 0.507. The minimum Gasteiger partial charge on any atom is -0.313 e. The molecule has 0 aliphatic carbocycles. The van der Waals surface area contributed by atoms with Crippen LogP contribution in [0.3, 0.4) is 0 Å². The maximum absolute atomic E-state index is 4.65. The Kier molecular flexibility index (Phi) is 5.14. The highest BCUT2D eigenvalue weighted by atomic mass is 32.1. The SMILES string of the molecule is CCCNC(Cc1nc(C)c(C)s1)C(C)(C)C. The van der Waals surface area contributed by atoms with Gasteiger partial charge in [-0.25, -0.2) is 4.98 Å². The summed E-state index contributed by atoms with van der Waals surface area (Å²) in [7, 11) is 0. The van der Waals surface area contributed by atoms with Crippen molar-refractivity contribution in [2.45, 2.75) is 60.4 Å². The summed E-state index contributed by atoms with van der Waals surface area (Å²) in [5.74, 6) is 0.